The lowest BCUT2D eigenvalue weighted by atomic mass is 10.2. The van der Waals surface area contributed by atoms with Crippen molar-refractivity contribution in [3.63, 3.8) is 0 Å². The Labute approximate surface area is 86.6 Å². The van der Waals surface area contributed by atoms with E-state index >= 15 is 0 Å². The lowest BCUT2D eigenvalue weighted by Gasteiger charge is -1.97. The minimum atomic E-state index is -0.220. The van der Waals surface area contributed by atoms with Crippen LogP contribution in [-0.4, -0.2) is 30.0 Å². The van der Waals surface area contributed by atoms with Crippen LogP contribution in [0.1, 0.15) is 10.5 Å². The van der Waals surface area contributed by atoms with E-state index in [0.717, 1.165) is 10.9 Å². The summed E-state index contributed by atoms with van der Waals surface area (Å²) in [5.74, 6) is -0.220. The van der Waals surface area contributed by atoms with Gasteiger partial charge in [0.2, 0.25) is 0 Å². The van der Waals surface area contributed by atoms with Crippen LogP contribution in [0.4, 0.5) is 0 Å². The van der Waals surface area contributed by atoms with Crippen molar-refractivity contribution >= 4 is 16.8 Å². The minimum Gasteiger partial charge on any atom is -0.399 e. The summed E-state index contributed by atoms with van der Waals surface area (Å²) < 4.78 is 0. The van der Waals surface area contributed by atoms with Crippen LogP contribution >= 0.6 is 0 Å². The molecule has 0 aliphatic heterocycles. The second-order valence-electron chi connectivity index (χ2n) is 3.00. The summed E-state index contributed by atoms with van der Waals surface area (Å²) in [4.78, 5) is 17.9. The fraction of sp³-hybridized carbons (Fsp3) is 0.200. The number of benzene rings is 1. The number of nitrogens with zero attached hydrogens (tertiary/aromatic N) is 2. The number of hydrogen-bond donors (Lipinski definition) is 1. The van der Waals surface area contributed by atoms with Crippen LogP contribution in [0.2, 0.25) is 0 Å². The lowest BCUT2D eigenvalue weighted by Crippen LogP contribution is -2.19. The molecule has 0 saturated carbocycles. The molecule has 0 saturated heterocycles. The summed E-state index contributed by atoms with van der Waals surface area (Å²) in [5, 5.41) is 7.38. The Bertz CT molecular complexity index is 504. The van der Waals surface area contributed by atoms with Crippen LogP contribution in [0.5, 0.6) is 0 Å². The Balaban J connectivity index is 2.70. The molecule has 5 nitrogen and oxygen atoms in total. The van der Waals surface area contributed by atoms with Gasteiger partial charge in [-0.05, 0) is 6.07 Å². The second kappa shape index (κ2) is 3.61. The van der Waals surface area contributed by atoms with E-state index in [1.807, 2.05) is 24.3 Å². The number of rotatable bonds is 2. The molecule has 2 aromatic rings. The molecule has 0 unspecified atom stereocenters. The topological polar surface area (TPSA) is 56.2 Å². The number of amides is 1. The molecule has 1 heterocycles. The first-order valence-corrected chi connectivity index (χ1v) is 4.52. The number of carbonyl (C=O) groups excluding carboxylic acids is 1. The summed E-state index contributed by atoms with van der Waals surface area (Å²) in [7, 11) is 3.08. The Morgan fingerprint density at radius 2 is 2.20 bits per heavy atom. The number of carbonyl (C=O) groups is 1. The van der Waals surface area contributed by atoms with Crippen molar-refractivity contribution in [1.29, 1.82) is 0 Å². The van der Waals surface area contributed by atoms with Crippen molar-refractivity contribution < 1.29 is 9.63 Å². The summed E-state index contributed by atoms with van der Waals surface area (Å²) >= 11 is 0. The van der Waals surface area contributed by atoms with Gasteiger partial charge in [0.25, 0.3) is 5.91 Å². The molecule has 0 aliphatic rings. The lowest BCUT2D eigenvalue weighted by molar-refractivity contribution is 0.0946. The minimum absolute atomic E-state index is 0.220. The highest BCUT2D eigenvalue weighted by molar-refractivity contribution is 6.04. The van der Waals surface area contributed by atoms with Crippen LogP contribution < -0.4 is 10.2 Å². The molecule has 0 aliphatic carbocycles. The average Bonchev–Trinajstić information content (AvgIpc) is 2.67. The third kappa shape index (κ3) is 1.41. The normalized spacial score (nSPS) is 10.3. The largest absolute Gasteiger partial charge is 0.399 e. The van der Waals surface area contributed by atoms with Gasteiger partial charge >= 0.3 is 0 Å². The molecule has 0 spiro atoms. The number of aromatic nitrogens is 2. The molecule has 2 rings (SSSR count). The third-order valence-corrected chi connectivity index (χ3v) is 2.17. The van der Waals surface area contributed by atoms with Crippen molar-refractivity contribution in [3.8, 4) is 0 Å². The zero-order valence-corrected chi connectivity index (χ0v) is 8.52. The number of nitrogens with one attached hydrogen (secondary N) is 1. The summed E-state index contributed by atoms with van der Waals surface area (Å²) in [6.07, 6.45) is 0. The maximum absolute atomic E-state index is 11.5. The highest BCUT2D eigenvalue weighted by Crippen LogP contribution is 2.16. The number of fused-ring (bicyclic) bond motifs is 1. The monoisotopic (exact) mass is 205 g/mol. The molecule has 15 heavy (non-hydrogen) atoms. The van der Waals surface area contributed by atoms with Crippen molar-refractivity contribution in [2.45, 2.75) is 0 Å². The first-order chi connectivity index (χ1) is 7.27. The molecule has 0 atom stereocenters. The fourth-order valence-electron chi connectivity index (χ4n) is 1.46. The van der Waals surface area contributed by atoms with Gasteiger partial charge in [0.15, 0.2) is 5.69 Å². The summed E-state index contributed by atoms with van der Waals surface area (Å²) in [5.41, 5.74) is 1.15. The van der Waals surface area contributed by atoms with Crippen molar-refractivity contribution in [3.05, 3.63) is 30.0 Å². The smallest absolute Gasteiger partial charge is 0.272 e. The van der Waals surface area contributed by atoms with E-state index in [1.165, 1.54) is 12.0 Å². The van der Waals surface area contributed by atoms with E-state index in [0.29, 0.717) is 5.69 Å². The molecular weight excluding hydrogens is 194 g/mol. The van der Waals surface area contributed by atoms with Crippen molar-refractivity contribution in [2.24, 2.45) is 0 Å². The first-order valence-electron chi connectivity index (χ1n) is 4.52. The Kier molecular flexibility index (Phi) is 2.29. The van der Waals surface area contributed by atoms with E-state index < -0.39 is 0 Å². The van der Waals surface area contributed by atoms with Crippen LogP contribution in [-0.2, 0) is 0 Å². The molecule has 0 radical (unpaired) electrons. The van der Waals surface area contributed by atoms with Crippen molar-refractivity contribution in [2.75, 3.05) is 14.2 Å². The van der Waals surface area contributed by atoms with Crippen LogP contribution in [0.25, 0.3) is 10.9 Å². The zero-order valence-electron chi connectivity index (χ0n) is 8.52. The molecule has 5 heteroatoms. The predicted octanol–water partition coefficient (Wildman–Crippen LogP) is 0.454. The Morgan fingerprint density at radius 1 is 1.47 bits per heavy atom. The zero-order chi connectivity index (χ0) is 10.8. The number of para-hydroxylation sites is 1. The standard InChI is InChI=1S/C10H11N3O2/c1-11-10(14)9-7-5-3-4-6-8(7)13(12-9)15-2/h3-6H,1-2H3,(H,11,14). The summed E-state index contributed by atoms with van der Waals surface area (Å²) in [6.45, 7) is 0. The van der Waals surface area contributed by atoms with Crippen LogP contribution in [0, 0.1) is 0 Å². The molecule has 1 aromatic heterocycles. The van der Waals surface area contributed by atoms with E-state index in [2.05, 4.69) is 10.4 Å². The van der Waals surface area contributed by atoms with Gasteiger partial charge in [0.05, 0.1) is 0 Å². The van der Waals surface area contributed by atoms with Gasteiger partial charge < -0.3 is 10.2 Å². The van der Waals surface area contributed by atoms with E-state index in [1.54, 1.807) is 7.05 Å². The van der Waals surface area contributed by atoms with Gasteiger partial charge in [-0.1, -0.05) is 23.0 Å². The van der Waals surface area contributed by atoms with E-state index in [-0.39, 0.29) is 5.91 Å². The highest BCUT2D eigenvalue weighted by Gasteiger charge is 2.15. The molecule has 0 bridgehead atoms. The predicted molar refractivity (Wildman–Crippen MR) is 55.6 cm³/mol. The number of hydrogen-bond acceptors (Lipinski definition) is 3. The fourth-order valence-corrected chi connectivity index (χ4v) is 1.46. The van der Waals surface area contributed by atoms with Gasteiger partial charge in [-0.2, -0.15) is 0 Å². The van der Waals surface area contributed by atoms with Gasteiger partial charge in [0, 0.05) is 12.4 Å². The quantitative estimate of drug-likeness (QED) is 0.774. The SMILES string of the molecule is CNC(=O)c1nn(OC)c2ccccc12. The molecule has 1 amide bonds. The maximum Gasteiger partial charge on any atom is 0.272 e. The highest BCUT2D eigenvalue weighted by atomic mass is 16.7. The third-order valence-electron chi connectivity index (χ3n) is 2.17. The second-order valence-corrected chi connectivity index (χ2v) is 3.00. The first kappa shape index (κ1) is 9.51. The average molecular weight is 205 g/mol. The Morgan fingerprint density at radius 3 is 2.87 bits per heavy atom. The maximum atomic E-state index is 11.5. The van der Waals surface area contributed by atoms with Gasteiger partial charge in [-0.3, -0.25) is 4.79 Å². The van der Waals surface area contributed by atoms with Gasteiger partial charge in [-0.25, -0.2) is 0 Å². The summed E-state index contributed by atoms with van der Waals surface area (Å²) in [6, 6.07) is 7.41. The molecule has 1 N–H and O–H groups in total. The van der Waals surface area contributed by atoms with Crippen LogP contribution in [0.15, 0.2) is 24.3 Å². The Hall–Kier alpha value is -2.04. The van der Waals surface area contributed by atoms with Crippen LogP contribution in [0.3, 0.4) is 0 Å². The van der Waals surface area contributed by atoms with E-state index in [9.17, 15) is 4.79 Å². The van der Waals surface area contributed by atoms with Gasteiger partial charge in [0.1, 0.15) is 12.6 Å². The molecule has 1 aromatic carbocycles. The molecule has 78 valence electrons. The van der Waals surface area contributed by atoms with Gasteiger partial charge in [-0.15, -0.1) is 5.10 Å². The molecule has 0 fully saturated rings. The molecular formula is C10H11N3O2. The van der Waals surface area contributed by atoms with Crippen molar-refractivity contribution in [1.82, 2.24) is 15.3 Å². The van der Waals surface area contributed by atoms with E-state index in [4.69, 9.17) is 4.84 Å².